The van der Waals surface area contributed by atoms with Gasteiger partial charge in [-0.25, -0.2) is 4.79 Å². The van der Waals surface area contributed by atoms with Gasteiger partial charge >= 0.3 is 11.7 Å². The van der Waals surface area contributed by atoms with Crippen molar-refractivity contribution in [3.05, 3.63) is 63.6 Å². The number of imidazole rings is 1. The van der Waals surface area contributed by atoms with Crippen LogP contribution in [0.3, 0.4) is 0 Å². The maximum Gasteiger partial charge on any atom is 0.323 e. The van der Waals surface area contributed by atoms with Crippen LogP contribution in [0.15, 0.2) is 41.2 Å². The van der Waals surface area contributed by atoms with E-state index in [9.17, 15) is 19.2 Å². The predicted octanol–water partition coefficient (Wildman–Crippen LogP) is 3.01. The molecule has 3 rings (SSSR count). The number of ketones is 1. The Kier molecular flexibility index (Phi) is 6.15. The van der Waals surface area contributed by atoms with Crippen molar-refractivity contribution in [1.82, 2.24) is 9.97 Å². The van der Waals surface area contributed by atoms with E-state index in [0.29, 0.717) is 22.3 Å². The number of carbonyl (C=O) groups excluding carboxylic acids is 3. The molecule has 156 valence electrons. The molecule has 0 spiro atoms. The van der Waals surface area contributed by atoms with Crippen LogP contribution in [0.25, 0.3) is 11.0 Å². The average molecular weight is 409 g/mol. The van der Waals surface area contributed by atoms with Crippen molar-refractivity contribution in [2.45, 2.75) is 39.7 Å². The van der Waals surface area contributed by atoms with Crippen LogP contribution in [0, 0.1) is 13.8 Å². The lowest BCUT2D eigenvalue weighted by atomic mass is 9.99. The first-order chi connectivity index (χ1) is 14.2. The van der Waals surface area contributed by atoms with Crippen molar-refractivity contribution in [1.29, 1.82) is 0 Å². The van der Waals surface area contributed by atoms with Crippen molar-refractivity contribution in [3.63, 3.8) is 0 Å². The van der Waals surface area contributed by atoms with Gasteiger partial charge in [-0.1, -0.05) is 17.7 Å². The number of anilines is 1. The van der Waals surface area contributed by atoms with Gasteiger partial charge in [0.15, 0.2) is 11.9 Å². The number of nitrogens with one attached hydrogen (secondary N) is 3. The predicted molar refractivity (Wildman–Crippen MR) is 113 cm³/mol. The smallest absolute Gasteiger partial charge is 0.323 e. The largest absolute Gasteiger partial charge is 0.453 e. The van der Waals surface area contributed by atoms with E-state index in [1.54, 1.807) is 24.3 Å². The summed E-state index contributed by atoms with van der Waals surface area (Å²) in [5, 5.41) is 2.63. The third-order valence-electron chi connectivity index (χ3n) is 4.71. The van der Waals surface area contributed by atoms with E-state index in [1.165, 1.54) is 6.92 Å². The fourth-order valence-corrected chi connectivity index (χ4v) is 3.05. The van der Waals surface area contributed by atoms with Gasteiger partial charge in [-0.3, -0.25) is 14.4 Å². The Morgan fingerprint density at radius 1 is 1.00 bits per heavy atom. The number of ether oxygens (including phenoxy) is 1. The molecule has 0 radical (unpaired) electrons. The van der Waals surface area contributed by atoms with Crippen LogP contribution in [-0.4, -0.2) is 33.7 Å². The van der Waals surface area contributed by atoms with Gasteiger partial charge in [0.1, 0.15) is 0 Å². The van der Waals surface area contributed by atoms with Crippen molar-refractivity contribution in [2.75, 3.05) is 5.32 Å². The summed E-state index contributed by atoms with van der Waals surface area (Å²) in [7, 11) is 0. The monoisotopic (exact) mass is 409 g/mol. The zero-order chi connectivity index (χ0) is 21.8. The molecule has 0 aliphatic carbocycles. The lowest BCUT2D eigenvalue weighted by Crippen LogP contribution is -2.30. The van der Waals surface area contributed by atoms with E-state index < -0.39 is 18.0 Å². The number of benzene rings is 2. The third-order valence-corrected chi connectivity index (χ3v) is 4.71. The fourth-order valence-electron chi connectivity index (χ4n) is 3.05. The van der Waals surface area contributed by atoms with Crippen molar-refractivity contribution in [3.8, 4) is 0 Å². The summed E-state index contributed by atoms with van der Waals surface area (Å²) in [6.45, 7) is 5.20. The third kappa shape index (κ3) is 5.02. The first-order valence-corrected chi connectivity index (χ1v) is 9.56. The minimum atomic E-state index is -1.03. The van der Waals surface area contributed by atoms with Crippen LogP contribution in [0.4, 0.5) is 5.69 Å². The molecule has 0 saturated heterocycles. The number of carbonyl (C=O) groups is 3. The maximum atomic E-state index is 12.4. The van der Waals surface area contributed by atoms with E-state index in [0.717, 1.165) is 11.1 Å². The van der Waals surface area contributed by atoms with E-state index in [1.807, 2.05) is 26.0 Å². The molecule has 1 atom stereocenters. The summed E-state index contributed by atoms with van der Waals surface area (Å²) in [6.07, 6.45) is -1.13. The van der Waals surface area contributed by atoms with Crippen LogP contribution in [0.2, 0.25) is 0 Å². The van der Waals surface area contributed by atoms with E-state index in [4.69, 9.17) is 4.74 Å². The summed E-state index contributed by atoms with van der Waals surface area (Å²) in [5.74, 6) is -1.28. The molecule has 0 bridgehead atoms. The minimum Gasteiger partial charge on any atom is -0.453 e. The molecule has 1 aromatic heterocycles. The second-order valence-electron chi connectivity index (χ2n) is 7.20. The molecule has 2 aromatic carbocycles. The molecule has 0 unspecified atom stereocenters. The summed E-state index contributed by atoms with van der Waals surface area (Å²) in [4.78, 5) is 53.3. The number of rotatable bonds is 7. The van der Waals surface area contributed by atoms with Gasteiger partial charge in [0.25, 0.3) is 5.91 Å². The number of aryl methyl sites for hydroxylation is 2. The van der Waals surface area contributed by atoms with Crippen LogP contribution < -0.4 is 11.0 Å². The van der Waals surface area contributed by atoms with E-state index in [2.05, 4.69) is 15.3 Å². The zero-order valence-corrected chi connectivity index (χ0v) is 17.0. The Balaban J connectivity index is 1.52. The fraction of sp³-hybridized carbons (Fsp3) is 0.273. The van der Waals surface area contributed by atoms with Gasteiger partial charge in [0.2, 0.25) is 0 Å². The number of hydrogen-bond acceptors (Lipinski definition) is 5. The number of esters is 1. The molecule has 8 heteroatoms. The van der Waals surface area contributed by atoms with Crippen LogP contribution in [-0.2, 0) is 14.3 Å². The van der Waals surface area contributed by atoms with Gasteiger partial charge in [0.05, 0.1) is 17.5 Å². The highest BCUT2D eigenvalue weighted by atomic mass is 16.5. The molecule has 30 heavy (non-hydrogen) atoms. The molecule has 3 N–H and O–H groups in total. The van der Waals surface area contributed by atoms with Gasteiger partial charge in [0, 0.05) is 17.7 Å². The second kappa shape index (κ2) is 8.77. The van der Waals surface area contributed by atoms with E-state index >= 15 is 0 Å². The first-order valence-electron chi connectivity index (χ1n) is 9.56. The van der Waals surface area contributed by atoms with Crippen LogP contribution in [0.5, 0.6) is 0 Å². The van der Waals surface area contributed by atoms with Gasteiger partial charge < -0.3 is 20.0 Å². The Morgan fingerprint density at radius 3 is 2.50 bits per heavy atom. The second-order valence-corrected chi connectivity index (χ2v) is 7.20. The first kappa shape index (κ1) is 21.0. The SMILES string of the molecule is Cc1ccc(C)c(C(=O)CCC(=O)O[C@H](C)C(=O)Nc2ccc3[nH]c(=O)[nH]c3c2)c1. The number of amides is 1. The van der Waals surface area contributed by atoms with Crippen molar-refractivity contribution < 1.29 is 19.1 Å². The number of aromatic nitrogens is 2. The molecule has 0 aliphatic heterocycles. The molecule has 3 aromatic rings. The Bertz CT molecular complexity index is 1170. The Labute approximate surface area is 172 Å². The molecular formula is C22H23N3O5. The number of Topliss-reactive ketones (excluding diaryl/α,β-unsaturated/α-hetero) is 1. The molecule has 1 heterocycles. The topological polar surface area (TPSA) is 121 Å². The Morgan fingerprint density at radius 2 is 1.73 bits per heavy atom. The maximum absolute atomic E-state index is 12.4. The van der Waals surface area contributed by atoms with Crippen molar-refractivity contribution in [2.24, 2.45) is 0 Å². The number of aromatic amines is 2. The number of hydrogen-bond donors (Lipinski definition) is 3. The summed E-state index contributed by atoms with van der Waals surface area (Å²) < 4.78 is 5.15. The summed E-state index contributed by atoms with van der Waals surface area (Å²) in [5.41, 5.74) is 3.69. The normalized spacial score (nSPS) is 11.8. The Hall–Kier alpha value is -3.68. The highest BCUT2D eigenvalue weighted by molar-refractivity contribution is 5.99. The van der Waals surface area contributed by atoms with Crippen molar-refractivity contribution >= 4 is 34.4 Å². The van der Waals surface area contributed by atoms with Crippen LogP contribution in [0.1, 0.15) is 41.3 Å². The average Bonchev–Trinajstić information content (AvgIpc) is 3.07. The molecule has 0 fully saturated rings. The molecule has 1 amide bonds. The summed E-state index contributed by atoms with van der Waals surface area (Å²) >= 11 is 0. The van der Waals surface area contributed by atoms with Crippen LogP contribution >= 0.6 is 0 Å². The number of H-pyrrole nitrogens is 2. The molecule has 0 aliphatic rings. The molecule has 8 nitrogen and oxygen atoms in total. The standard InChI is InChI=1S/C22H23N3O5/c1-12-4-5-13(2)16(10-12)19(26)8-9-20(27)30-14(3)21(28)23-15-6-7-17-18(11-15)25-22(29)24-17/h4-7,10-11,14H,8-9H2,1-3H3,(H,23,28)(H2,24,25,29)/t14-/m1/s1. The van der Waals surface area contributed by atoms with Gasteiger partial charge in [-0.05, 0) is 50.6 Å². The quantitative estimate of drug-likeness (QED) is 0.409. The highest BCUT2D eigenvalue weighted by Gasteiger charge is 2.19. The minimum absolute atomic E-state index is 0.00891. The lowest BCUT2D eigenvalue weighted by Gasteiger charge is -2.13. The summed E-state index contributed by atoms with van der Waals surface area (Å²) in [6, 6.07) is 10.5. The number of fused-ring (bicyclic) bond motifs is 1. The molecular weight excluding hydrogens is 386 g/mol. The van der Waals surface area contributed by atoms with Gasteiger partial charge in [-0.2, -0.15) is 0 Å². The zero-order valence-electron chi connectivity index (χ0n) is 17.0. The van der Waals surface area contributed by atoms with E-state index in [-0.39, 0.29) is 24.3 Å². The van der Waals surface area contributed by atoms with Gasteiger partial charge in [-0.15, -0.1) is 0 Å². The lowest BCUT2D eigenvalue weighted by molar-refractivity contribution is -0.153. The highest BCUT2D eigenvalue weighted by Crippen LogP contribution is 2.16. The molecule has 0 saturated carbocycles.